The number of piperazine rings is 1. The molecule has 3 aromatic rings. The van der Waals surface area contributed by atoms with E-state index in [-0.39, 0.29) is 12.0 Å². The lowest BCUT2D eigenvalue weighted by Gasteiger charge is -2.35. The highest BCUT2D eigenvalue weighted by Crippen LogP contribution is 2.28. The van der Waals surface area contributed by atoms with Gasteiger partial charge in [-0.1, -0.05) is 42.5 Å². The summed E-state index contributed by atoms with van der Waals surface area (Å²) in [6.07, 6.45) is 0. The van der Waals surface area contributed by atoms with Crippen LogP contribution in [0.1, 0.15) is 17.2 Å². The Kier molecular flexibility index (Phi) is 6.01. The first-order valence-electron chi connectivity index (χ1n) is 10.3. The summed E-state index contributed by atoms with van der Waals surface area (Å²) in [6, 6.07) is 18.5. The molecule has 0 spiro atoms. The van der Waals surface area contributed by atoms with Crippen LogP contribution in [-0.2, 0) is 16.1 Å². The number of carbonyl (C=O) groups is 1. The molecule has 4 rings (SSSR count). The highest BCUT2D eigenvalue weighted by atomic mass is 16.5. The Morgan fingerprint density at radius 1 is 1.10 bits per heavy atom. The maximum absolute atomic E-state index is 13.4. The lowest BCUT2D eigenvalue weighted by Crippen LogP contribution is -2.46. The van der Waals surface area contributed by atoms with Crippen molar-refractivity contribution in [3.05, 3.63) is 76.1 Å². The molecule has 1 fully saturated rings. The van der Waals surface area contributed by atoms with Crippen LogP contribution in [0.5, 0.6) is 0 Å². The van der Waals surface area contributed by atoms with Crippen molar-refractivity contribution >= 4 is 22.6 Å². The molecule has 1 saturated heterocycles. The Bertz CT molecular complexity index is 1170. The second-order valence-corrected chi connectivity index (χ2v) is 7.71. The van der Waals surface area contributed by atoms with E-state index in [4.69, 9.17) is 4.74 Å². The molecule has 31 heavy (non-hydrogen) atoms. The minimum atomic E-state index is -1.23. The molecule has 0 aliphatic carbocycles. The smallest absolute Gasteiger partial charge is 0.329 e. The van der Waals surface area contributed by atoms with E-state index in [0.29, 0.717) is 35.4 Å². The highest BCUT2D eigenvalue weighted by molar-refractivity contribution is 5.88. The Morgan fingerprint density at radius 3 is 2.48 bits per heavy atom. The summed E-state index contributed by atoms with van der Waals surface area (Å²) in [6.45, 7) is 2.94. The molecule has 7 heteroatoms. The lowest BCUT2D eigenvalue weighted by atomic mass is 10.0. The second kappa shape index (κ2) is 9.02. The molecule has 1 aromatic heterocycles. The fraction of sp³-hybridized carbons (Fsp3) is 0.292. The number of pyridine rings is 1. The van der Waals surface area contributed by atoms with Crippen LogP contribution in [0.2, 0.25) is 0 Å². The van der Waals surface area contributed by atoms with Gasteiger partial charge in [0.15, 0.2) is 5.92 Å². The Balaban J connectivity index is 1.73. The van der Waals surface area contributed by atoms with Crippen LogP contribution in [0.4, 0.5) is 5.69 Å². The molecule has 2 aromatic carbocycles. The van der Waals surface area contributed by atoms with Gasteiger partial charge in [-0.25, -0.2) is 0 Å². The van der Waals surface area contributed by atoms with Gasteiger partial charge >= 0.3 is 5.97 Å². The quantitative estimate of drug-likeness (QED) is 0.643. The van der Waals surface area contributed by atoms with E-state index in [9.17, 15) is 14.9 Å². The number of anilines is 1. The Hall–Kier alpha value is -3.63. The van der Waals surface area contributed by atoms with E-state index in [1.165, 1.54) is 0 Å². The van der Waals surface area contributed by atoms with E-state index in [1.54, 1.807) is 18.2 Å². The summed E-state index contributed by atoms with van der Waals surface area (Å²) in [7, 11) is 2.03. The number of nitriles is 1. The van der Waals surface area contributed by atoms with Crippen LogP contribution in [0.3, 0.4) is 0 Å². The minimum absolute atomic E-state index is 0.0690. The third-order valence-electron chi connectivity index (χ3n) is 5.61. The van der Waals surface area contributed by atoms with Crippen LogP contribution in [0, 0.1) is 11.3 Å². The Labute approximate surface area is 180 Å². The van der Waals surface area contributed by atoms with Crippen molar-refractivity contribution in [2.45, 2.75) is 12.5 Å². The third kappa shape index (κ3) is 4.30. The van der Waals surface area contributed by atoms with Crippen LogP contribution in [0.15, 0.2) is 59.4 Å². The number of benzene rings is 2. The topological polar surface area (TPSA) is 89.4 Å². The SMILES string of the molecule is CN1CCN(c2c(C(C#N)C(=O)OCc3ccccc3)[nH]c3ccccc3c2=O)CC1. The maximum Gasteiger partial charge on any atom is 0.329 e. The largest absolute Gasteiger partial charge is 0.460 e. The number of ether oxygens (including phenoxy) is 1. The van der Waals surface area contributed by atoms with Crippen molar-refractivity contribution in [3.8, 4) is 6.07 Å². The standard InChI is InChI=1S/C24H24N4O3/c1-27-11-13-28(14-12-27)22-21(26-20-10-6-5-9-18(20)23(22)29)19(15-25)24(30)31-16-17-7-3-2-4-8-17/h2-10,19H,11-14,16H2,1H3,(H,26,29). The maximum atomic E-state index is 13.4. The summed E-state index contributed by atoms with van der Waals surface area (Å²) in [5.74, 6) is -1.90. The van der Waals surface area contributed by atoms with Gasteiger partial charge in [0, 0.05) is 37.1 Å². The molecule has 1 atom stereocenters. The molecule has 2 heterocycles. The number of aromatic amines is 1. The average Bonchev–Trinajstić information content (AvgIpc) is 2.80. The number of rotatable bonds is 5. The number of carbonyl (C=O) groups excluding carboxylic acids is 1. The normalized spacial score (nSPS) is 15.4. The number of likely N-dealkylation sites (N-methyl/N-ethyl adjacent to an activating group) is 1. The summed E-state index contributed by atoms with van der Waals surface area (Å²) < 4.78 is 5.44. The highest BCUT2D eigenvalue weighted by Gasteiger charge is 2.31. The molecule has 158 valence electrons. The molecule has 1 unspecified atom stereocenters. The molecule has 1 aliphatic heterocycles. The fourth-order valence-electron chi connectivity index (χ4n) is 3.84. The number of aromatic nitrogens is 1. The number of nitrogens with zero attached hydrogens (tertiary/aromatic N) is 3. The number of H-pyrrole nitrogens is 1. The zero-order valence-corrected chi connectivity index (χ0v) is 17.4. The van der Waals surface area contributed by atoms with E-state index in [2.05, 4.69) is 16.0 Å². The van der Waals surface area contributed by atoms with Crippen LogP contribution in [0.25, 0.3) is 10.9 Å². The van der Waals surface area contributed by atoms with Gasteiger partial charge in [0.05, 0.1) is 11.8 Å². The molecule has 0 bridgehead atoms. The van der Waals surface area contributed by atoms with E-state index < -0.39 is 11.9 Å². The molecule has 0 radical (unpaired) electrons. The minimum Gasteiger partial charge on any atom is -0.460 e. The van der Waals surface area contributed by atoms with Crippen LogP contribution < -0.4 is 10.3 Å². The van der Waals surface area contributed by atoms with Crippen molar-refractivity contribution in [2.24, 2.45) is 0 Å². The van der Waals surface area contributed by atoms with Crippen molar-refractivity contribution in [1.29, 1.82) is 5.26 Å². The predicted octanol–water partition coefficient (Wildman–Crippen LogP) is 2.63. The second-order valence-electron chi connectivity index (χ2n) is 7.71. The first-order valence-corrected chi connectivity index (χ1v) is 10.3. The van der Waals surface area contributed by atoms with Crippen molar-refractivity contribution in [2.75, 3.05) is 38.1 Å². The van der Waals surface area contributed by atoms with Gasteiger partial charge in [0.2, 0.25) is 5.43 Å². The van der Waals surface area contributed by atoms with Crippen molar-refractivity contribution in [3.63, 3.8) is 0 Å². The van der Waals surface area contributed by atoms with Gasteiger partial charge in [0.25, 0.3) is 0 Å². The number of nitrogens with one attached hydrogen (secondary N) is 1. The van der Waals surface area contributed by atoms with Gasteiger partial charge < -0.3 is 19.5 Å². The molecule has 1 aliphatic rings. The predicted molar refractivity (Wildman–Crippen MR) is 119 cm³/mol. The number of para-hydroxylation sites is 1. The average molecular weight is 416 g/mol. The van der Waals surface area contributed by atoms with Crippen molar-refractivity contribution < 1.29 is 9.53 Å². The number of fused-ring (bicyclic) bond motifs is 1. The van der Waals surface area contributed by atoms with Gasteiger partial charge in [-0.2, -0.15) is 5.26 Å². The first kappa shape index (κ1) is 20.6. The number of hydrogen-bond donors (Lipinski definition) is 1. The third-order valence-corrected chi connectivity index (χ3v) is 5.61. The summed E-state index contributed by atoms with van der Waals surface area (Å²) in [4.78, 5) is 33.7. The molecular formula is C24H24N4O3. The van der Waals surface area contributed by atoms with Gasteiger partial charge in [-0.05, 0) is 24.7 Å². The van der Waals surface area contributed by atoms with Gasteiger partial charge in [-0.15, -0.1) is 0 Å². The van der Waals surface area contributed by atoms with E-state index in [1.807, 2.05) is 48.3 Å². The number of esters is 1. The van der Waals surface area contributed by atoms with Gasteiger partial charge in [-0.3, -0.25) is 9.59 Å². The molecule has 7 nitrogen and oxygen atoms in total. The monoisotopic (exact) mass is 416 g/mol. The molecule has 0 amide bonds. The molecule has 0 saturated carbocycles. The van der Waals surface area contributed by atoms with Crippen LogP contribution >= 0.6 is 0 Å². The zero-order chi connectivity index (χ0) is 21.8. The van der Waals surface area contributed by atoms with Crippen LogP contribution in [-0.4, -0.2) is 49.1 Å². The zero-order valence-electron chi connectivity index (χ0n) is 17.4. The molecule has 1 N–H and O–H groups in total. The number of hydrogen-bond acceptors (Lipinski definition) is 6. The summed E-state index contributed by atoms with van der Waals surface area (Å²) >= 11 is 0. The summed E-state index contributed by atoms with van der Waals surface area (Å²) in [5.41, 5.74) is 1.93. The first-order chi connectivity index (χ1) is 15.1. The molecular weight excluding hydrogens is 392 g/mol. The van der Waals surface area contributed by atoms with E-state index >= 15 is 0 Å². The fourth-order valence-corrected chi connectivity index (χ4v) is 3.84. The van der Waals surface area contributed by atoms with Gasteiger partial charge in [0.1, 0.15) is 12.3 Å². The Morgan fingerprint density at radius 2 is 1.77 bits per heavy atom. The lowest BCUT2D eigenvalue weighted by molar-refractivity contribution is -0.145. The van der Waals surface area contributed by atoms with E-state index in [0.717, 1.165) is 18.7 Å². The van der Waals surface area contributed by atoms with Crippen molar-refractivity contribution in [1.82, 2.24) is 9.88 Å². The summed E-state index contributed by atoms with van der Waals surface area (Å²) in [5, 5.41) is 10.4.